The van der Waals surface area contributed by atoms with Crippen molar-refractivity contribution in [2.75, 3.05) is 13.1 Å². The SMILES string of the molecule is CC(C)c1ccc(C2CN(C(=O)OC(C)(C)C)C2)cc1. The van der Waals surface area contributed by atoms with E-state index < -0.39 is 5.60 Å². The van der Waals surface area contributed by atoms with Crippen LogP contribution < -0.4 is 0 Å². The molecule has 1 aromatic carbocycles. The lowest BCUT2D eigenvalue weighted by Gasteiger charge is -2.40. The third-order valence-electron chi connectivity index (χ3n) is 3.61. The van der Waals surface area contributed by atoms with Crippen molar-refractivity contribution in [1.82, 2.24) is 4.90 Å². The van der Waals surface area contributed by atoms with E-state index in [9.17, 15) is 4.79 Å². The maximum atomic E-state index is 11.9. The van der Waals surface area contributed by atoms with Gasteiger partial charge >= 0.3 is 6.09 Å². The summed E-state index contributed by atoms with van der Waals surface area (Å²) in [5.41, 5.74) is 2.26. The maximum Gasteiger partial charge on any atom is 0.410 e. The van der Waals surface area contributed by atoms with Gasteiger partial charge in [0.2, 0.25) is 0 Å². The number of likely N-dealkylation sites (tertiary alicyclic amines) is 1. The van der Waals surface area contributed by atoms with Crippen LogP contribution in [-0.2, 0) is 4.74 Å². The summed E-state index contributed by atoms with van der Waals surface area (Å²) in [7, 11) is 0. The fourth-order valence-corrected chi connectivity index (χ4v) is 2.32. The molecule has 0 radical (unpaired) electrons. The van der Waals surface area contributed by atoms with E-state index >= 15 is 0 Å². The van der Waals surface area contributed by atoms with Crippen LogP contribution in [0.25, 0.3) is 0 Å². The average Bonchev–Trinajstić information content (AvgIpc) is 2.25. The molecule has 0 bridgehead atoms. The predicted octanol–water partition coefficient (Wildman–Crippen LogP) is 4.14. The molecular weight excluding hydrogens is 250 g/mol. The molecule has 1 saturated heterocycles. The lowest BCUT2D eigenvalue weighted by molar-refractivity contribution is 0.00819. The Labute approximate surface area is 121 Å². The summed E-state index contributed by atoms with van der Waals surface area (Å²) in [6.45, 7) is 11.6. The van der Waals surface area contributed by atoms with E-state index in [0.29, 0.717) is 11.8 Å². The molecule has 0 aromatic heterocycles. The molecule has 1 aliphatic rings. The van der Waals surface area contributed by atoms with Gasteiger partial charge in [0.05, 0.1) is 0 Å². The first-order valence-electron chi connectivity index (χ1n) is 7.34. The zero-order valence-corrected chi connectivity index (χ0v) is 13.1. The number of ether oxygens (including phenoxy) is 1. The topological polar surface area (TPSA) is 29.5 Å². The number of nitrogens with zero attached hydrogens (tertiary/aromatic N) is 1. The van der Waals surface area contributed by atoms with Crippen molar-refractivity contribution in [2.24, 2.45) is 0 Å². The number of carbonyl (C=O) groups excluding carboxylic acids is 1. The Morgan fingerprint density at radius 1 is 1.20 bits per heavy atom. The second-order valence-corrected chi connectivity index (χ2v) is 6.90. The van der Waals surface area contributed by atoms with Crippen molar-refractivity contribution in [3.8, 4) is 0 Å². The Morgan fingerprint density at radius 3 is 2.20 bits per heavy atom. The fourth-order valence-electron chi connectivity index (χ4n) is 2.32. The summed E-state index contributed by atoms with van der Waals surface area (Å²) < 4.78 is 5.36. The molecule has 0 saturated carbocycles. The van der Waals surface area contributed by atoms with Gasteiger partial charge in [0.25, 0.3) is 0 Å². The Bertz CT molecular complexity index is 465. The van der Waals surface area contributed by atoms with E-state index in [2.05, 4.69) is 38.1 Å². The third-order valence-corrected chi connectivity index (χ3v) is 3.61. The number of hydrogen-bond donors (Lipinski definition) is 0. The molecule has 1 aliphatic heterocycles. The summed E-state index contributed by atoms with van der Waals surface area (Å²) in [4.78, 5) is 13.6. The van der Waals surface area contributed by atoms with Crippen LogP contribution >= 0.6 is 0 Å². The van der Waals surface area contributed by atoms with Crippen LogP contribution in [0, 0.1) is 0 Å². The highest BCUT2D eigenvalue weighted by molar-refractivity contribution is 5.69. The van der Waals surface area contributed by atoms with E-state index in [1.54, 1.807) is 4.90 Å². The van der Waals surface area contributed by atoms with Crippen molar-refractivity contribution < 1.29 is 9.53 Å². The fraction of sp³-hybridized carbons (Fsp3) is 0.588. The molecule has 0 unspecified atom stereocenters. The van der Waals surface area contributed by atoms with E-state index in [1.165, 1.54) is 11.1 Å². The van der Waals surface area contributed by atoms with E-state index in [1.807, 2.05) is 20.8 Å². The maximum absolute atomic E-state index is 11.9. The van der Waals surface area contributed by atoms with Crippen molar-refractivity contribution >= 4 is 6.09 Å². The van der Waals surface area contributed by atoms with E-state index in [-0.39, 0.29) is 6.09 Å². The van der Waals surface area contributed by atoms with Gasteiger partial charge < -0.3 is 9.64 Å². The molecule has 0 aliphatic carbocycles. The Kier molecular flexibility index (Phi) is 4.07. The molecule has 2 rings (SSSR count). The number of amides is 1. The zero-order chi connectivity index (χ0) is 14.9. The van der Waals surface area contributed by atoms with Gasteiger partial charge in [-0.25, -0.2) is 4.79 Å². The van der Waals surface area contributed by atoms with Crippen LogP contribution in [0.3, 0.4) is 0 Å². The largest absolute Gasteiger partial charge is 0.444 e. The first-order chi connectivity index (χ1) is 9.26. The number of carbonyl (C=O) groups is 1. The molecule has 110 valence electrons. The molecular formula is C17H25NO2. The first kappa shape index (κ1) is 14.9. The van der Waals surface area contributed by atoms with Gasteiger partial charge in [-0.15, -0.1) is 0 Å². The molecule has 20 heavy (non-hydrogen) atoms. The smallest absolute Gasteiger partial charge is 0.410 e. The minimum absolute atomic E-state index is 0.201. The van der Waals surface area contributed by atoms with Crippen molar-refractivity contribution in [1.29, 1.82) is 0 Å². The molecule has 1 aromatic rings. The Morgan fingerprint density at radius 2 is 1.75 bits per heavy atom. The van der Waals surface area contributed by atoms with Gasteiger partial charge in [0.1, 0.15) is 5.60 Å². The monoisotopic (exact) mass is 275 g/mol. The lowest BCUT2D eigenvalue weighted by atomic mass is 9.90. The van der Waals surface area contributed by atoms with Crippen LogP contribution in [0.15, 0.2) is 24.3 Å². The third kappa shape index (κ3) is 3.53. The van der Waals surface area contributed by atoms with Crippen LogP contribution in [0.1, 0.15) is 57.6 Å². The summed E-state index contributed by atoms with van der Waals surface area (Å²) in [5.74, 6) is 1.01. The number of benzene rings is 1. The Balaban J connectivity index is 1.88. The summed E-state index contributed by atoms with van der Waals surface area (Å²) >= 11 is 0. The van der Waals surface area contributed by atoms with Gasteiger partial charge in [-0.1, -0.05) is 38.1 Å². The highest BCUT2D eigenvalue weighted by Crippen LogP contribution is 2.29. The standard InChI is InChI=1S/C17H25NO2/c1-12(2)13-6-8-14(9-7-13)15-10-18(11-15)16(19)20-17(3,4)5/h6-9,12,15H,10-11H2,1-5H3. The average molecular weight is 275 g/mol. The van der Waals surface area contributed by atoms with Crippen molar-refractivity contribution in [2.45, 2.75) is 52.1 Å². The molecule has 1 fully saturated rings. The van der Waals surface area contributed by atoms with Gasteiger partial charge in [-0.2, -0.15) is 0 Å². The highest BCUT2D eigenvalue weighted by Gasteiger charge is 2.34. The van der Waals surface area contributed by atoms with Crippen molar-refractivity contribution in [3.05, 3.63) is 35.4 Å². The predicted molar refractivity (Wildman–Crippen MR) is 81.1 cm³/mol. The first-order valence-corrected chi connectivity index (χ1v) is 7.34. The highest BCUT2D eigenvalue weighted by atomic mass is 16.6. The number of rotatable bonds is 2. The van der Waals surface area contributed by atoms with Crippen LogP contribution in [0.4, 0.5) is 4.79 Å². The Hall–Kier alpha value is -1.51. The van der Waals surface area contributed by atoms with Gasteiger partial charge in [0, 0.05) is 19.0 Å². The van der Waals surface area contributed by atoms with Crippen LogP contribution in [-0.4, -0.2) is 29.7 Å². The quantitative estimate of drug-likeness (QED) is 0.811. The van der Waals surface area contributed by atoms with Crippen molar-refractivity contribution in [3.63, 3.8) is 0 Å². The van der Waals surface area contributed by atoms with E-state index in [4.69, 9.17) is 4.74 Å². The molecule has 0 N–H and O–H groups in total. The molecule has 0 atom stereocenters. The normalized spacial score (nSPS) is 16.2. The van der Waals surface area contributed by atoms with Gasteiger partial charge in [-0.3, -0.25) is 0 Å². The second kappa shape index (κ2) is 5.47. The number of hydrogen-bond acceptors (Lipinski definition) is 2. The lowest BCUT2D eigenvalue weighted by Crippen LogP contribution is -2.50. The summed E-state index contributed by atoms with van der Waals surface area (Å²) in [5, 5.41) is 0. The van der Waals surface area contributed by atoms with Crippen LogP contribution in [0.2, 0.25) is 0 Å². The summed E-state index contributed by atoms with van der Waals surface area (Å²) in [6.07, 6.45) is -0.201. The molecule has 1 heterocycles. The van der Waals surface area contributed by atoms with Gasteiger partial charge in [0.15, 0.2) is 0 Å². The van der Waals surface area contributed by atoms with Crippen LogP contribution in [0.5, 0.6) is 0 Å². The molecule has 1 amide bonds. The molecule has 3 nitrogen and oxygen atoms in total. The van der Waals surface area contributed by atoms with Gasteiger partial charge in [-0.05, 0) is 37.8 Å². The minimum atomic E-state index is -0.416. The molecule has 0 spiro atoms. The zero-order valence-electron chi connectivity index (χ0n) is 13.1. The van der Waals surface area contributed by atoms with E-state index in [0.717, 1.165) is 13.1 Å². The minimum Gasteiger partial charge on any atom is -0.444 e. The molecule has 3 heteroatoms. The summed E-state index contributed by atoms with van der Waals surface area (Å²) in [6, 6.07) is 8.76. The second-order valence-electron chi connectivity index (χ2n) is 6.90.